The second-order valence-electron chi connectivity index (χ2n) is 0.937. The maximum Gasteiger partial charge on any atom is 1.00 e. The molecule has 0 rings (SSSR count). The monoisotopic (exact) mass is 250 g/mol. The van der Waals surface area contributed by atoms with Crippen LogP contribution in [0.4, 0.5) is 0 Å². The van der Waals surface area contributed by atoms with Crippen molar-refractivity contribution in [1.29, 1.82) is 0 Å². The Hall–Kier alpha value is -0.0839. The summed E-state index contributed by atoms with van der Waals surface area (Å²) < 4.78 is 0. The molecule has 0 amide bonds. The number of rotatable bonds is 0. The van der Waals surface area contributed by atoms with Gasteiger partial charge < -0.3 is 25.3 Å². The van der Waals surface area contributed by atoms with Gasteiger partial charge in [0, 0.05) is 0 Å². The molecule has 0 aliphatic rings. The number of carboxylic acids is 2. The summed E-state index contributed by atoms with van der Waals surface area (Å²) in [6, 6.07) is 0. The minimum atomic E-state index is -2.42. The molecule has 0 saturated heterocycles. The smallest absolute Gasteiger partial charge is 0.832 e. The minimum Gasteiger partial charge on any atom is -0.832 e. The number of carboxylic acid groups (broad SMARTS) is 2. The summed E-state index contributed by atoms with van der Waals surface area (Å²) in [7, 11) is 0.194. The molecule has 0 bridgehead atoms. The molecule has 4 N–H and O–H groups in total. The van der Waals surface area contributed by atoms with Crippen LogP contribution >= 0.6 is 0 Å². The maximum absolute atomic E-state index is 9.10. The first kappa shape index (κ1) is 29.4. The van der Waals surface area contributed by atoms with E-state index in [4.69, 9.17) is 34.9 Å². The third-order valence-corrected chi connectivity index (χ3v) is 0.183. The number of aliphatic carboxylic acids is 2. The SMILES string of the molecule is C[SiH3].C[SiH3].O=C(O)C(=O)O.[Li+].[O-]B(O)O. The number of hydrogen-bond acceptors (Lipinski definition) is 5. The van der Waals surface area contributed by atoms with E-state index >= 15 is 0 Å². The predicted octanol–water partition coefficient (Wildman–Crippen LogP) is -7.72. The molecular formula is C4H16BLiO7Si2. The van der Waals surface area contributed by atoms with E-state index in [1.807, 2.05) is 0 Å². The molecule has 0 radical (unpaired) electrons. The van der Waals surface area contributed by atoms with Gasteiger partial charge in [-0.25, -0.2) is 9.59 Å². The van der Waals surface area contributed by atoms with Crippen molar-refractivity contribution in [3.8, 4) is 0 Å². The largest absolute Gasteiger partial charge is 1.00 e. The van der Waals surface area contributed by atoms with Gasteiger partial charge in [-0.15, -0.1) is 0 Å². The van der Waals surface area contributed by atoms with E-state index in [1.165, 1.54) is 20.5 Å². The van der Waals surface area contributed by atoms with Gasteiger partial charge in [0.1, 0.15) is 0 Å². The predicted molar refractivity (Wildman–Crippen MR) is 57.1 cm³/mol. The van der Waals surface area contributed by atoms with Crippen LogP contribution in [0.1, 0.15) is 0 Å². The van der Waals surface area contributed by atoms with Gasteiger partial charge in [-0.05, 0) is 20.5 Å². The standard InChI is InChI=1S/C2H2O4.2CH6Si.BH2O3.Li/c3-1(4)2(5)6;2*1-2;2-1(3)4;/h(H,3,4)(H,5,6);2*1-2H3;2-3H;/q;;;-1;+1. The van der Waals surface area contributed by atoms with Gasteiger partial charge in [-0.1, -0.05) is 13.1 Å². The zero-order valence-electron chi connectivity index (χ0n) is 9.59. The topological polar surface area (TPSA) is 138 Å². The number of carbonyl (C=O) groups is 2. The van der Waals surface area contributed by atoms with E-state index in [2.05, 4.69) is 13.1 Å². The fraction of sp³-hybridized carbons (Fsp3) is 0.500. The second-order valence-corrected chi connectivity index (χ2v) is 0.937. The van der Waals surface area contributed by atoms with E-state index in [0.717, 1.165) is 0 Å². The van der Waals surface area contributed by atoms with E-state index in [0.29, 0.717) is 0 Å². The van der Waals surface area contributed by atoms with E-state index in [9.17, 15) is 0 Å². The van der Waals surface area contributed by atoms with Crippen molar-refractivity contribution >= 4 is 39.7 Å². The molecule has 0 aromatic rings. The van der Waals surface area contributed by atoms with Crippen LogP contribution in [-0.2, 0) is 9.59 Å². The van der Waals surface area contributed by atoms with E-state index in [1.54, 1.807) is 0 Å². The van der Waals surface area contributed by atoms with Gasteiger partial charge in [0.15, 0.2) is 0 Å². The van der Waals surface area contributed by atoms with Gasteiger partial charge in [0.2, 0.25) is 0 Å². The van der Waals surface area contributed by atoms with Crippen LogP contribution in [0.25, 0.3) is 0 Å². The Morgan fingerprint density at radius 1 is 1.00 bits per heavy atom. The molecule has 0 unspecified atom stereocenters. The van der Waals surface area contributed by atoms with E-state index in [-0.39, 0.29) is 18.9 Å². The van der Waals surface area contributed by atoms with Crippen LogP contribution in [0.3, 0.4) is 0 Å². The third kappa shape index (κ3) is 129. The first-order valence-electron chi connectivity index (χ1n) is 3.86. The molecule has 15 heavy (non-hydrogen) atoms. The average molecular weight is 250 g/mol. The van der Waals surface area contributed by atoms with Crippen molar-refractivity contribution in [2.75, 3.05) is 0 Å². The normalized spacial score (nSPS) is 5.93. The van der Waals surface area contributed by atoms with Crippen molar-refractivity contribution in [3.05, 3.63) is 0 Å². The minimum absolute atomic E-state index is 0. The summed E-state index contributed by atoms with van der Waals surface area (Å²) in [5, 5.41) is 37.5. The quantitative estimate of drug-likeness (QED) is 0.247. The van der Waals surface area contributed by atoms with Crippen molar-refractivity contribution in [2.24, 2.45) is 0 Å². The fourth-order valence-corrected chi connectivity index (χ4v) is 0. The first-order chi connectivity index (χ1) is 6.37. The Balaban J connectivity index is -0.0000000327. The van der Waals surface area contributed by atoms with Crippen LogP contribution in [0.2, 0.25) is 13.1 Å². The summed E-state index contributed by atoms with van der Waals surface area (Å²) >= 11 is 0. The number of hydrogen-bond donors (Lipinski definition) is 4. The Morgan fingerprint density at radius 3 is 1.07 bits per heavy atom. The van der Waals surface area contributed by atoms with Gasteiger partial charge in [-0.3, -0.25) is 0 Å². The Labute approximate surface area is 107 Å². The Bertz CT molecular complexity index is 121. The van der Waals surface area contributed by atoms with Gasteiger partial charge >= 0.3 is 38.1 Å². The molecular weight excluding hydrogens is 234 g/mol. The van der Waals surface area contributed by atoms with Crippen molar-refractivity contribution < 1.29 is 53.7 Å². The first-order valence-corrected chi connectivity index (χ1v) is 7.86. The van der Waals surface area contributed by atoms with Crippen molar-refractivity contribution in [2.45, 2.75) is 13.1 Å². The van der Waals surface area contributed by atoms with Crippen LogP contribution in [-0.4, -0.2) is 60.0 Å². The molecule has 0 atom stereocenters. The summed E-state index contributed by atoms with van der Waals surface area (Å²) in [4.78, 5) is 18.2. The molecule has 0 fully saturated rings. The third-order valence-electron chi connectivity index (χ3n) is 0.183. The van der Waals surface area contributed by atoms with Crippen molar-refractivity contribution in [1.82, 2.24) is 0 Å². The zero-order chi connectivity index (χ0) is 12.7. The summed E-state index contributed by atoms with van der Waals surface area (Å²) in [6.07, 6.45) is 0. The summed E-state index contributed by atoms with van der Waals surface area (Å²) in [5.41, 5.74) is 0. The Kier molecular flexibility index (Phi) is 57.2. The van der Waals surface area contributed by atoms with Crippen molar-refractivity contribution in [3.63, 3.8) is 0 Å². The molecule has 86 valence electrons. The Morgan fingerprint density at radius 2 is 1.07 bits per heavy atom. The molecule has 0 aromatic heterocycles. The van der Waals surface area contributed by atoms with E-state index < -0.39 is 19.3 Å². The molecule has 7 nitrogen and oxygen atoms in total. The molecule has 0 saturated carbocycles. The molecule has 0 aromatic carbocycles. The molecule has 11 heteroatoms. The van der Waals surface area contributed by atoms with Crippen LogP contribution in [0.5, 0.6) is 0 Å². The van der Waals surface area contributed by atoms with Crippen LogP contribution in [0, 0.1) is 0 Å². The van der Waals surface area contributed by atoms with Gasteiger partial charge in [0.25, 0.3) is 0 Å². The second kappa shape index (κ2) is 29.2. The molecule has 0 heterocycles. The zero-order valence-corrected chi connectivity index (χ0v) is 13.6. The molecule has 0 aliphatic heterocycles. The van der Waals surface area contributed by atoms with Gasteiger partial charge in [-0.2, -0.15) is 0 Å². The summed E-state index contributed by atoms with van der Waals surface area (Å²) in [5.74, 6) is -3.65. The fourth-order valence-electron chi connectivity index (χ4n) is 0. The van der Waals surface area contributed by atoms with Crippen LogP contribution < -0.4 is 23.9 Å². The summed E-state index contributed by atoms with van der Waals surface area (Å²) in [6.45, 7) is 4.28. The average Bonchev–Trinajstić information content (AvgIpc) is 2.10. The molecule has 0 spiro atoms. The van der Waals surface area contributed by atoms with Gasteiger partial charge in [0.05, 0.1) is 0 Å². The molecule has 0 aliphatic carbocycles. The van der Waals surface area contributed by atoms with Crippen LogP contribution in [0.15, 0.2) is 0 Å². The maximum atomic E-state index is 9.10.